The van der Waals surface area contributed by atoms with Gasteiger partial charge in [0.2, 0.25) is 0 Å². The van der Waals surface area contributed by atoms with Crippen LogP contribution in [-0.4, -0.2) is 12.1 Å². The largest absolute Gasteiger partial charge is 0.870 e. The highest BCUT2D eigenvalue weighted by Crippen LogP contribution is 1.93. The van der Waals surface area contributed by atoms with Gasteiger partial charge < -0.3 is 22.1 Å². The van der Waals surface area contributed by atoms with Gasteiger partial charge >= 0.3 is 0 Å². The summed E-state index contributed by atoms with van der Waals surface area (Å²) < 4.78 is 0. The molecule has 0 aliphatic heterocycles. The van der Waals surface area contributed by atoms with Crippen molar-refractivity contribution in [1.82, 2.24) is 0 Å². The van der Waals surface area contributed by atoms with Crippen LogP contribution >= 0.6 is 0 Å². The minimum atomic E-state index is 0. The van der Waals surface area contributed by atoms with Gasteiger partial charge in [0, 0.05) is 11.1 Å². The predicted octanol–water partition coefficient (Wildman–Crippen LogP) is 0.0468. The first-order valence-corrected chi connectivity index (χ1v) is 6.52. The molecule has 0 bridgehead atoms. The van der Waals surface area contributed by atoms with Crippen LogP contribution in [0.15, 0.2) is 60.7 Å². The molecule has 0 unspecified atom stereocenters. The van der Waals surface area contributed by atoms with E-state index in [9.17, 15) is 0 Å². The standard InChI is InChI=1S/2C7H9N.C2H5O.H2O/c2*8-6-7-4-2-1-3-5-7;1-2-3;/h2*1-5H,6,8H2;2H2,1H3;1H2/q;;-1;/p+1. The highest BCUT2D eigenvalue weighted by Gasteiger charge is 1.83. The lowest BCUT2D eigenvalue weighted by Crippen LogP contribution is -2.47. The fourth-order valence-electron chi connectivity index (χ4n) is 1.29. The van der Waals surface area contributed by atoms with Crippen LogP contribution in [0.2, 0.25) is 0 Å². The van der Waals surface area contributed by atoms with Gasteiger partial charge in [-0.05, 0) is 0 Å². The molecule has 0 radical (unpaired) electrons. The molecule has 20 heavy (non-hydrogen) atoms. The van der Waals surface area contributed by atoms with E-state index in [4.69, 9.17) is 5.11 Å². The van der Waals surface area contributed by atoms with Gasteiger partial charge in [-0.25, -0.2) is 0 Å². The van der Waals surface area contributed by atoms with E-state index in [0.29, 0.717) is 0 Å². The average molecular weight is 278 g/mol. The van der Waals surface area contributed by atoms with Crippen molar-refractivity contribution in [3.05, 3.63) is 71.8 Å². The number of quaternary nitrogens is 2. The highest BCUT2D eigenvalue weighted by molar-refractivity contribution is 5.13. The van der Waals surface area contributed by atoms with Crippen LogP contribution in [0.5, 0.6) is 0 Å². The minimum absolute atomic E-state index is 0. The first-order valence-electron chi connectivity index (χ1n) is 6.52. The third kappa shape index (κ3) is 11.4. The zero-order valence-electron chi connectivity index (χ0n) is 12.2. The third-order valence-electron chi connectivity index (χ3n) is 2.26. The van der Waals surface area contributed by atoms with Gasteiger partial charge in [0.05, 0.1) is 13.1 Å². The lowest BCUT2D eigenvalue weighted by molar-refractivity contribution is -0.386. The molecule has 4 heteroatoms. The summed E-state index contributed by atoms with van der Waals surface area (Å²) in [7, 11) is 0. The summed E-state index contributed by atoms with van der Waals surface area (Å²) in [6.07, 6.45) is 0. The second-order valence-electron chi connectivity index (χ2n) is 3.76. The summed E-state index contributed by atoms with van der Waals surface area (Å²) in [4.78, 5) is 0. The Kier molecular flexibility index (Phi) is 15.8. The Bertz CT molecular complexity index is 354. The number of hydrogen-bond donors (Lipinski definition) is 2. The van der Waals surface area contributed by atoms with Gasteiger partial charge in [-0.15, -0.1) is 6.61 Å². The molecule has 4 nitrogen and oxygen atoms in total. The Morgan fingerprint density at radius 3 is 1.15 bits per heavy atom. The summed E-state index contributed by atoms with van der Waals surface area (Å²) in [5, 5.41) is 8.93. The summed E-state index contributed by atoms with van der Waals surface area (Å²) >= 11 is 0. The maximum atomic E-state index is 8.93. The van der Waals surface area contributed by atoms with Crippen molar-refractivity contribution in [3.63, 3.8) is 0 Å². The monoisotopic (exact) mass is 278 g/mol. The molecule has 0 saturated heterocycles. The first kappa shape index (κ1) is 20.6. The van der Waals surface area contributed by atoms with Crippen molar-refractivity contribution in [1.29, 1.82) is 0 Å². The maximum Gasteiger partial charge on any atom is 0.0997 e. The van der Waals surface area contributed by atoms with Crippen LogP contribution in [0.4, 0.5) is 0 Å². The number of hydrogen-bond acceptors (Lipinski definition) is 2. The van der Waals surface area contributed by atoms with Crippen molar-refractivity contribution in [3.8, 4) is 0 Å². The van der Waals surface area contributed by atoms with Crippen molar-refractivity contribution < 1.29 is 22.1 Å². The normalized spacial score (nSPS) is 8.20. The van der Waals surface area contributed by atoms with Gasteiger partial charge in [-0.1, -0.05) is 67.6 Å². The SMILES string of the molecule is CC[O-].[NH3+]Cc1ccccc1.[NH3+]Cc1ccccc1.[OH-]. The molecule has 2 aromatic carbocycles. The quantitative estimate of drug-likeness (QED) is 0.809. The molecule has 0 amide bonds. The average Bonchev–Trinajstić information content (AvgIpc) is 2.50. The second-order valence-corrected chi connectivity index (χ2v) is 3.76. The van der Waals surface area contributed by atoms with Crippen LogP contribution in [-0.2, 0) is 13.1 Å². The smallest absolute Gasteiger partial charge is 0.0997 e. The predicted molar refractivity (Wildman–Crippen MR) is 78.5 cm³/mol. The molecule has 0 atom stereocenters. The molecule has 2 rings (SSSR count). The van der Waals surface area contributed by atoms with Crippen LogP contribution < -0.4 is 16.6 Å². The fraction of sp³-hybridized carbons (Fsp3) is 0.250. The second kappa shape index (κ2) is 15.3. The van der Waals surface area contributed by atoms with Crippen molar-refractivity contribution in [2.75, 3.05) is 6.61 Å². The van der Waals surface area contributed by atoms with Crippen LogP contribution in [0.1, 0.15) is 18.1 Å². The Morgan fingerprint density at radius 2 is 1.00 bits per heavy atom. The molecule has 0 aliphatic carbocycles. The molecular weight excluding hydrogens is 252 g/mol. The topological polar surface area (TPSA) is 108 Å². The molecular formula is C16H26N2O2. The number of rotatable bonds is 2. The Balaban J connectivity index is 0. The first-order chi connectivity index (χ1) is 9.28. The molecule has 0 saturated carbocycles. The fourth-order valence-corrected chi connectivity index (χ4v) is 1.29. The van der Waals surface area contributed by atoms with Gasteiger partial charge in [-0.3, -0.25) is 0 Å². The minimum Gasteiger partial charge on any atom is -0.870 e. The third-order valence-corrected chi connectivity index (χ3v) is 2.26. The van der Waals surface area contributed by atoms with E-state index in [-0.39, 0.29) is 12.1 Å². The van der Waals surface area contributed by atoms with Gasteiger partial charge in [0.1, 0.15) is 0 Å². The van der Waals surface area contributed by atoms with Gasteiger partial charge in [0.25, 0.3) is 0 Å². The van der Waals surface area contributed by atoms with E-state index in [0.717, 1.165) is 13.1 Å². The van der Waals surface area contributed by atoms with E-state index in [1.54, 1.807) is 6.92 Å². The van der Waals surface area contributed by atoms with E-state index in [1.807, 2.05) is 36.4 Å². The van der Waals surface area contributed by atoms with Crippen molar-refractivity contribution >= 4 is 0 Å². The van der Waals surface area contributed by atoms with E-state index in [2.05, 4.69) is 35.7 Å². The Labute approximate surface area is 121 Å². The zero-order valence-corrected chi connectivity index (χ0v) is 12.2. The number of benzene rings is 2. The summed E-state index contributed by atoms with van der Waals surface area (Å²) in [6.45, 7) is 3.35. The molecule has 7 N–H and O–H groups in total. The molecule has 2 aromatic rings. The van der Waals surface area contributed by atoms with Crippen molar-refractivity contribution in [2.24, 2.45) is 0 Å². The molecule has 0 aromatic heterocycles. The Morgan fingerprint density at radius 1 is 0.750 bits per heavy atom. The van der Waals surface area contributed by atoms with E-state index < -0.39 is 0 Å². The van der Waals surface area contributed by atoms with Crippen molar-refractivity contribution in [2.45, 2.75) is 20.0 Å². The van der Waals surface area contributed by atoms with E-state index in [1.165, 1.54) is 11.1 Å². The van der Waals surface area contributed by atoms with Gasteiger partial charge in [-0.2, -0.15) is 0 Å². The highest BCUT2D eigenvalue weighted by atomic mass is 16.2. The molecule has 0 aliphatic rings. The summed E-state index contributed by atoms with van der Waals surface area (Å²) in [5.41, 5.74) is 10.1. The van der Waals surface area contributed by atoms with Crippen LogP contribution in [0.25, 0.3) is 0 Å². The Hall–Kier alpha value is -1.72. The molecule has 0 fully saturated rings. The zero-order chi connectivity index (χ0) is 14.3. The summed E-state index contributed by atoms with van der Waals surface area (Å²) in [6, 6.07) is 20.4. The van der Waals surface area contributed by atoms with Crippen LogP contribution in [0, 0.1) is 0 Å². The van der Waals surface area contributed by atoms with E-state index >= 15 is 0 Å². The molecule has 0 spiro atoms. The lowest BCUT2D eigenvalue weighted by atomic mass is 10.2. The maximum absolute atomic E-state index is 8.93. The van der Waals surface area contributed by atoms with Gasteiger partial charge in [0.15, 0.2) is 0 Å². The molecule has 0 heterocycles. The van der Waals surface area contributed by atoms with Crippen LogP contribution in [0.3, 0.4) is 0 Å². The molecule has 112 valence electrons. The summed E-state index contributed by atoms with van der Waals surface area (Å²) in [5.74, 6) is 0. The lowest BCUT2D eigenvalue weighted by Gasteiger charge is -1.87.